The number of nitrogens with zero attached hydrogens (tertiary/aromatic N) is 1. The van der Waals surface area contributed by atoms with Crippen LogP contribution in [0.2, 0.25) is 0 Å². The molecule has 1 aromatic carbocycles. The number of thiophene rings is 1. The number of aliphatic hydroxyl groups is 1. The second-order valence-corrected chi connectivity index (χ2v) is 6.94. The van der Waals surface area contributed by atoms with Gasteiger partial charge in [-0.1, -0.05) is 18.2 Å². The number of amides is 2. The summed E-state index contributed by atoms with van der Waals surface area (Å²) in [5.74, 6) is 0. The molecule has 0 aliphatic carbocycles. The number of hydrogen-bond donors (Lipinski definition) is 2. The van der Waals surface area contributed by atoms with Crippen LogP contribution in [-0.4, -0.2) is 47.9 Å². The van der Waals surface area contributed by atoms with E-state index in [0.717, 1.165) is 11.3 Å². The molecule has 2 aromatic rings. The summed E-state index contributed by atoms with van der Waals surface area (Å²) in [5.41, 5.74) is 1.86. The van der Waals surface area contributed by atoms with Crippen molar-refractivity contribution < 1.29 is 14.6 Å². The minimum absolute atomic E-state index is 0.0979. The first-order valence-corrected chi connectivity index (χ1v) is 8.99. The van der Waals surface area contributed by atoms with E-state index in [1.54, 1.807) is 23.2 Å². The highest BCUT2D eigenvalue weighted by molar-refractivity contribution is 7.13. The van der Waals surface area contributed by atoms with Crippen LogP contribution < -0.4 is 5.32 Å². The summed E-state index contributed by atoms with van der Waals surface area (Å²) in [6.45, 7) is 3.26. The molecule has 0 spiro atoms. The van der Waals surface area contributed by atoms with E-state index >= 15 is 0 Å². The lowest BCUT2D eigenvalue weighted by Gasteiger charge is -2.36. The first-order chi connectivity index (χ1) is 11.6. The molecule has 1 aromatic heterocycles. The van der Waals surface area contributed by atoms with Crippen molar-refractivity contribution in [2.24, 2.45) is 0 Å². The lowest BCUT2D eigenvalue weighted by molar-refractivity contribution is -0.00160. The summed E-state index contributed by atoms with van der Waals surface area (Å²) >= 11 is 1.67. The molecule has 2 amide bonds. The van der Waals surface area contributed by atoms with E-state index in [1.807, 2.05) is 35.7 Å². The van der Waals surface area contributed by atoms with E-state index in [1.165, 1.54) is 4.88 Å². The Hall–Kier alpha value is -1.89. The molecule has 2 heterocycles. The van der Waals surface area contributed by atoms with Gasteiger partial charge in [-0.3, -0.25) is 0 Å². The van der Waals surface area contributed by atoms with Crippen molar-refractivity contribution in [2.75, 3.05) is 25.1 Å². The number of rotatable bonds is 4. The van der Waals surface area contributed by atoms with Crippen LogP contribution in [0.25, 0.3) is 10.4 Å². The molecule has 24 heavy (non-hydrogen) atoms. The van der Waals surface area contributed by atoms with Crippen molar-refractivity contribution in [3.8, 4) is 10.4 Å². The number of morpholine rings is 1. The number of aliphatic hydroxyl groups excluding tert-OH is 1. The van der Waals surface area contributed by atoms with Crippen LogP contribution in [0.5, 0.6) is 0 Å². The Labute approximate surface area is 145 Å². The SMILES string of the molecule is CC(O)CC1COCCN1C(=O)Nc1cccc(-c2cccs2)c1. The fourth-order valence-electron chi connectivity index (χ4n) is 2.90. The first kappa shape index (κ1) is 17.0. The van der Waals surface area contributed by atoms with Gasteiger partial charge in [0, 0.05) is 17.1 Å². The van der Waals surface area contributed by atoms with Crippen molar-refractivity contribution >= 4 is 23.1 Å². The molecule has 3 rings (SSSR count). The van der Waals surface area contributed by atoms with Gasteiger partial charge < -0.3 is 20.1 Å². The van der Waals surface area contributed by atoms with Gasteiger partial charge in [0.05, 0.1) is 25.4 Å². The zero-order valence-electron chi connectivity index (χ0n) is 13.6. The smallest absolute Gasteiger partial charge is 0.322 e. The number of anilines is 1. The number of urea groups is 1. The Bertz CT molecular complexity index is 673. The van der Waals surface area contributed by atoms with Crippen LogP contribution in [0.1, 0.15) is 13.3 Å². The molecule has 128 valence electrons. The Morgan fingerprint density at radius 2 is 2.33 bits per heavy atom. The van der Waals surface area contributed by atoms with Crippen LogP contribution in [0.15, 0.2) is 41.8 Å². The number of ether oxygens (including phenoxy) is 1. The minimum Gasteiger partial charge on any atom is -0.393 e. The monoisotopic (exact) mass is 346 g/mol. The molecular formula is C18H22N2O3S. The summed E-state index contributed by atoms with van der Waals surface area (Å²) in [6.07, 6.45) is 0.0528. The van der Waals surface area contributed by atoms with Gasteiger partial charge >= 0.3 is 6.03 Å². The largest absolute Gasteiger partial charge is 0.393 e. The fourth-order valence-corrected chi connectivity index (χ4v) is 3.62. The summed E-state index contributed by atoms with van der Waals surface area (Å²) in [5, 5.41) is 14.6. The summed E-state index contributed by atoms with van der Waals surface area (Å²) in [4.78, 5) is 15.6. The number of hydrogen-bond acceptors (Lipinski definition) is 4. The zero-order valence-corrected chi connectivity index (χ0v) is 14.5. The molecule has 1 fully saturated rings. The highest BCUT2D eigenvalue weighted by Gasteiger charge is 2.28. The number of carbonyl (C=O) groups is 1. The predicted molar refractivity (Wildman–Crippen MR) is 96.4 cm³/mol. The molecule has 0 bridgehead atoms. The molecule has 0 saturated carbocycles. The topological polar surface area (TPSA) is 61.8 Å². The zero-order chi connectivity index (χ0) is 16.9. The van der Waals surface area contributed by atoms with Gasteiger partial charge in [0.2, 0.25) is 0 Å². The predicted octanol–water partition coefficient (Wildman–Crippen LogP) is 3.42. The average molecular weight is 346 g/mol. The normalized spacial score (nSPS) is 19.1. The van der Waals surface area contributed by atoms with Gasteiger partial charge in [0.25, 0.3) is 0 Å². The van der Waals surface area contributed by atoms with E-state index in [9.17, 15) is 9.90 Å². The highest BCUT2D eigenvalue weighted by atomic mass is 32.1. The highest BCUT2D eigenvalue weighted by Crippen LogP contribution is 2.27. The molecular weight excluding hydrogens is 324 g/mol. The Kier molecular flexibility index (Phi) is 5.50. The summed E-state index contributed by atoms with van der Waals surface area (Å²) in [7, 11) is 0. The van der Waals surface area contributed by atoms with E-state index in [4.69, 9.17) is 4.74 Å². The van der Waals surface area contributed by atoms with Crippen LogP contribution >= 0.6 is 11.3 Å². The molecule has 1 aliphatic rings. The minimum atomic E-state index is -0.464. The molecule has 2 atom stereocenters. The van der Waals surface area contributed by atoms with Crippen molar-refractivity contribution in [3.05, 3.63) is 41.8 Å². The van der Waals surface area contributed by atoms with Crippen molar-refractivity contribution in [3.63, 3.8) is 0 Å². The van der Waals surface area contributed by atoms with E-state index in [0.29, 0.717) is 26.2 Å². The van der Waals surface area contributed by atoms with E-state index in [-0.39, 0.29) is 12.1 Å². The van der Waals surface area contributed by atoms with Gasteiger partial charge in [-0.2, -0.15) is 0 Å². The van der Waals surface area contributed by atoms with Gasteiger partial charge in [-0.15, -0.1) is 11.3 Å². The maximum absolute atomic E-state index is 12.6. The lowest BCUT2D eigenvalue weighted by Crippen LogP contribution is -2.51. The van der Waals surface area contributed by atoms with Gasteiger partial charge in [-0.05, 0) is 42.5 Å². The molecule has 1 aliphatic heterocycles. The lowest BCUT2D eigenvalue weighted by atomic mass is 10.1. The first-order valence-electron chi connectivity index (χ1n) is 8.11. The number of benzene rings is 1. The van der Waals surface area contributed by atoms with Gasteiger partial charge in [0.15, 0.2) is 0 Å². The van der Waals surface area contributed by atoms with Crippen LogP contribution in [-0.2, 0) is 4.74 Å². The number of carbonyl (C=O) groups excluding carboxylic acids is 1. The van der Waals surface area contributed by atoms with Crippen LogP contribution in [0, 0.1) is 0 Å². The third-order valence-electron chi connectivity index (χ3n) is 4.02. The fraction of sp³-hybridized carbons (Fsp3) is 0.389. The van der Waals surface area contributed by atoms with Gasteiger partial charge in [0.1, 0.15) is 0 Å². The van der Waals surface area contributed by atoms with Crippen molar-refractivity contribution in [1.82, 2.24) is 4.90 Å². The molecule has 2 N–H and O–H groups in total. The maximum Gasteiger partial charge on any atom is 0.322 e. The summed E-state index contributed by atoms with van der Waals surface area (Å²) < 4.78 is 5.45. The molecule has 1 saturated heterocycles. The standard InChI is InChI=1S/C18H22N2O3S/c1-13(21)10-16-12-23-8-7-20(16)18(22)19-15-5-2-4-14(11-15)17-6-3-9-24-17/h2-6,9,11,13,16,21H,7-8,10,12H2,1H3,(H,19,22). The molecule has 0 radical (unpaired) electrons. The van der Waals surface area contributed by atoms with Crippen molar-refractivity contribution in [2.45, 2.75) is 25.5 Å². The number of nitrogens with one attached hydrogen (secondary N) is 1. The van der Waals surface area contributed by atoms with Gasteiger partial charge in [-0.25, -0.2) is 4.79 Å². The quantitative estimate of drug-likeness (QED) is 0.892. The van der Waals surface area contributed by atoms with Crippen molar-refractivity contribution in [1.29, 1.82) is 0 Å². The van der Waals surface area contributed by atoms with Crippen LogP contribution in [0.4, 0.5) is 10.5 Å². The second-order valence-electron chi connectivity index (χ2n) is 6.00. The maximum atomic E-state index is 12.6. The Balaban J connectivity index is 1.70. The summed E-state index contributed by atoms with van der Waals surface area (Å²) in [6, 6.07) is 11.7. The molecule has 5 nitrogen and oxygen atoms in total. The van der Waals surface area contributed by atoms with Crippen LogP contribution in [0.3, 0.4) is 0 Å². The third-order valence-corrected chi connectivity index (χ3v) is 4.94. The second kappa shape index (κ2) is 7.79. The third kappa shape index (κ3) is 4.14. The average Bonchev–Trinajstić information content (AvgIpc) is 3.09. The molecule has 6 heteroatoms. The Morgan fingerprint density at radius 3 is 3.08 bits per heavy atom. The Morgan fingerprint density at radius 1 is 1.46 bits per heavy atom. The van der Waals surface area contributed by atoms with E-state index < -0.39 is 6.10 Å². The molecule has 2 unspecified atom stereocenters. The van der Waals surface area contributed by atoms with E-state index in [2.05, 4.69) is 11.4 Å².